The Morgan fingerprint density at radius 2 is 2.12 bits per heavy atom. The van der Waals surface area contributed by atoms with Gasteiger partial charge in [-0.1, -0.05) is 0 Å². The van der Waals surface area contributed by atoms with E-state index in [4.69, 9.17) is 0 Å². The van der Waals surface area contributed by atoms with Crippen LogP contribution < -0.4 is 4.48 Å². The van der Waals surface area contributed by atoms with Crippen molar-refractivity contribution in [2.45, 2.75) is 0 Å². The third kappa shape index (κ3) is 1.46. The van der Waals surface area contributed by atoms with Crippen LogP contribution in [0.15, 0.2) is 30.3 Å². The van der Waals surface area contributed by atoms with Crippen LogP contribution in [-0.4, -0.2) is 36.6 Å². The molecule has 2 aromatic heterocycles. The van der Waals surface area contributed by atoms with Crippen molar-refractivity contribution in [2.75, 3.05) is 0 Å². The third-order valence-electron chi connectivity index (χ3n) is 2.53. The Bertz CT molecular complexity index is 620. The summed E-state index contributed by atoms with van der Waals surface area (Å²) in [6, 6.07) is 10.1. The van der Waals surface area contributed by atoms with E-state index in [0.717, 1.165) is 27.0 Å². The summed E-state index contributed by atoms with van der Waals surface area (Å²) < 4.78 is 2.92. The summed E-state index contributed by atoms with van der Waals surface area (Å²) in [6.07, 6.45) is 0. The van der Waals surface area contributed by atoms with Crippen molar-refractivity contribution in [1.29, 1.82) is 0 Å². The number of nitrogens with one attached hydrogen (secondary N) is 1. The van der Waals surface area contributed by atoms with E-state index < -0.39 is 0 Å². The van der Waals surface area contributed by atoms with Gasteiger partial charge < -0.3 is 0 Å². The molecule has 80 valence electrons. The number of aromatic amines is 1. The summed E-state index contributed by atoms with van der Waals surface area (Å²) in [5, 5.41) is 4.34. The first-order chi connectivity index (χ1) is 7.74. The van der Waals surface area contributed by atoms with Crippen LogP contribution in [0.2, 0.25) is 0 Å². The molecule has 1 aromatic carbocycles. The van der Waals surface area contributed by atoms with Crippen molar-refractivity contribution in [1.82, 2.24) is 19.7 Å². The molecule has 1 atom stereocenters. The number of nitrogens with zero attached hydrogens (tertiary/aromatic N) is 3. The molecule has 0 saturated carbocycles. The third-order valence-corrected chi connectivity index (χ3v) is 3.12. The standard InChI is InChI=1S/C11H11AsN4/c1-16-9(6-10(12)15-16)11-13-7-4-2-3-5-8(7)14-11/h2-6H,12H2,1H3,(H,13,14). The van der Waals surface area contributed by atoms with Gasteiger partial charge in [-0.05, 0) is 0 Å². The van der Waals surface area contributed by atoms with E-state index >= 15 is 0 Å². The van der Waals surface area contributed by atoms with Crippen LogP contribution >= 0.6 is 0 Å². The van der Waals surface area contributed by atoms with Crippen LogP contribution in [0, 0.1) is 0 Å². The second-order valence-corrected chi connectivity index (χ2v) is 4.92. The second-order valence-electron chi connectivity index (χ2n) is 3.68. The van der Waals surface area contributed by atoms with Crippen molar-refractivity contribution >= 4 is 32.4 Å². The minimum absolute atomic E-state index is 0.875. The van der Waals surface area contributed by atoms with Crippen molar-refractivity contribution in [3.8, 4) is 11.5 Å². The Morgan fingerprint density at radius 3 is 2.81 bits per heavy atom. The maximum atomic E-state index is 4.55. The van der Waals surface area contributed by atoms with Crippen molar-refractivity contribution < 1.29 is 0 Å². The molecule has 0 aliphatic heterocycles. The van der Waals surface area contributed by atoms with Gasteiger partial charge in [-0.25, -0.2) is 0 Å². The first-order valence-corrected chi connectivity index (χ1v) is 6.20. The van der Waals surface area contributed by atoms with Crippen LogP contribution in [0.3, 0.4) is 0 Å². The zero-order valence-corrected chi connectivity index (χ0v) is 11.2. The minimum atomic E-state index is 0.875. The van der Waals surface area contributed by atoms with Gasteiger partial charge >= 0.3 is 101 Å². The van der Waals surface area contributed by atoms with Gasteiger partial charge in [0, 0.05) is 0 Å². The Morgan fingerprint density at radius 1 is 1.31 bits per heavy atom. The van der Waals surface area contributed by atoms with Crippen molar-refractivity contribution in [3.05, 3.63) is 30.3 Å². The molecule has 0 bridgehead atoms. The molecule has 0 radical (unpaired) electrons. The Kier molecular flexibility index (Phi) is 2.11. The average molecular weight is 274 g/mol. The number of aromatic nitrogens is 4. The molecule has 3 aromatic rings. The van der Waals surface area contributed by atoms with Crippen molar-refractivity contribution in [3.63, 3.8) is 0 Å². The molecule has 4 nitrogen and oxygen atoms in total. The molecule has 3 rings (SSSR count). The van der Waals surface area contributed by atoms with Crippen LogP contribution in [-0.2, 0) is 7.05 Å². The average Bonchev–Trinajstić information content (AvgIpc) is 2.81. The number of rotatable bonds is 1. The molecular formula is C11H11AsN4. The van der Waals surface area contributed by atoms with Gasteiger partial charge in [0.05, 0.1) is 0 Å². The van der Waals surface area contributed by atoms with Gasteiger partial charge in [-0.2, -0.15) is 0 Å². The summed E-state index contributed by atoms with van der Waals surface area (Å²) in [5.74, 6) is 0.875. The van der Waals surface area contributed by atoms with E-state index in [1.807, 2.05) is 36.0 Å². The van der Waals surface area contributed by atoms with Gasteiger partial charge in [0.2, 0.25) is 0 Å². The fourth-order valence-electron chi connectivity index (χ4n) is 1.79. The number of fused-ring (bicyclic) bond motifs is 1. The first kappa shape index (κ1) is 9.67. The van der Waals surface area contributed by atoms with Gasteiger partial charge in [0.15, 0.2) is 0 Å². The van der Waals surface area contributed by atoms with Crippen LogP contribution in [0.5, 0.6) is 0 Å². The monoisotopic (exact) mass is 274 g/mol. The van der Waals surface area contributed by atoms with E-state index in [-0.39, 0.29) is 0 Å². The van der Waals surface area contributed by atoms with Gasteiger partial charge in [0.1, 0.15) is 0 Å². The number of hydrogen-bond donors (Lipinski definition) is 1. The fourth-order valence-corrected chi connectivity index (χ4v) is 2.48. The predicted molar refractivity (Wildman–Crippen MR) is 66.5 cm³/mol. The second kappa shape index (κ2) is 3.49. The molecule has 1 N–H and O–H groups in total. The summed E-state index contributed by atoms with van der Waals surface area (Å²) in [5.41, 5.74) is 3.07. The molecule has 0 aliphatic rings. The molecule has 1 unspecified atom stereocenters. The van der Waals surface area contributed by atoms with Gasteiger partial charge in [0.25, 0.3) is 0 Å². The summed E-state index contributed by atoms with van der Waals surface area (Å²) in [4.78, 5) is 7.85. The fraction of sp³-hybridized carbons (Fsp3) is 0.0909. The number of imidazole rings is 1. The zero-order chi connectivity index (χ0) is 11.1. The van der Waals surface area contributed by atoms with Crippen LogP contribution in [0.4, 0.5) is 0 Å². The van der Waals surface area contributed by atoms with Crippen LogP contribution in [0.1, 0.15) is 0 Å². The zero-order valence-electron chi connectivity index (χ0n) is 8.81. The van der Waals surface area contributed by atoms with Gasteiger partial charge in [-0.3, -0.25) is 0 Å². The van der Waals surface area contributed by atoms with Crippen LogP contribution in [0.25, 0.3) is 22.6 Å². The number of benzene rings is 1. The Hall–Kier alpha value is -1.54. The summed E-state index contributed by atoms with van der Waals surface area (Å²) >= 11 is 1.52. The molecule has 5 heteroatoms. The Balaban J connectivity index is 2.22. The number of hydrogen-bond acceptors (Lipinski definition) is 2. The van der Waals surface area contributed by atoms with Crippen molar-refractivity contribution in [2.24, 2.45) is 7.05 Å². The van der Waals surface area contributed by atoms with Gasteiger partial charge in [-0.15, -0.1) is 0 Å². The quantitative estimate of drug-likeness (QED) is 0.645. The first-order valence-electron chi connectivity index (χ1n) is 4.99. The molecular weight excluding hydrogens is 263 g/mol. The summed E-state index contributed by atoms with van der Waals surface area (Å²) in [7, 11) is 1.94. The molecule has 0 fully saturated rings. The molecule has 16 heavy (non-hydrogen) atoms. The molecule has 0 amide bonds. The number of para-hydroxylation sites is 2. The maximum absolute atomic E-state index is 4.55. The Labute approximate surface area is 101 Å². The molecule has 0 saturated heterocycles. The van der Waals surface area contributed by atoms with E-state index in [1.165, 1.54) is 16.9 Å². The molecule has 0 aliphatic carbocycles. The SMILES string of the molecule is Cn1nc([AsH2])cc1-c1nc2ccccc2[nH]1. The molecule has 0 spiro atoms. The number of aryl methyl sites for hydroxylation is 1. The van der Waals surface area contributed by atoms with E-state index in [2.05, 4.69) is 21.1 Å². The predicted octanol–water partition coefficient (Wildman–Crippen LogP) is 0.222. The number of H-pyrrole nitrogens is 1. The normalized spacial score (nSPS) is 11.1. The molecule has 2 heterocycles. The van der Waals surface area contributed by atoms with E-state index in [9.17, 15) is 0 Å². The topological polar surface area (TPSA) is 46.5 Å². The van der Waals surface area contributed by atoms with E-state index in [1.54, 1.807) is 0 Å². The summed E-state index contributed by atoms with van der Waals surface area (Å²) in [6.45, 7) is 0. The van der Waals surface area contributed by atoms with E-state index in [0.29, 0.717) is 0 Å².